The zero-order valence-corrected chi connectivity index (χ0v) is 14.6. The Bertz CT molecular complexity index is 675. The van der Waals surface area contributed by atoms with Gasteiger partial charge in [0.1, 0.15) is 0 Å². The summed E-state index contributed by atoms with van der Waals surface area (Å²) >= 11 is 6.47. The van der Waals surface area contributed by atoms with Gasteiger partial charge >= 0.3 is 0 Å². The van der Waals surface area contributed by atoms with Crippen molar-refractivity contribution in [1.82, 2.24) is 15.0 Å². The van der Waals surface area contributed by atoms with Crippen molar-refractivity contribution in [2.24, 2.45) is 13.0 Å². The third-order valence-corrected chi connectivity index (χ3v) is 5.56. The molecule has 0 atom stereocenters. The predicted molar refractivity (Wildman–Crippen MR) is 95.1 cm³/mol. The summed E-state index contributed by atoms with van der Waals surface area (Å²) in [6, 6.07) is 3.84. The average molecular weight is 349 g/mol. The Labute approximate surface area is 145 Å². The summed E-state index contributed by atoms with van der Waals surface area (Å²) in [7, 11) is 1.91. The second-order valence-electron chi connectivity index (χ2n) is 5.87. The van der Waals surface area contributed by atoms with Gasteiger partial charge in [-0.05, 0) is 43.3 Å². The first-order valence-corrected chi connectivity index (χ1v) is 8.98. The van der Waals surface area contributed by atoms with E-state index in [1.54, 1.807) is 6.08 Å². The zero-order valence-electron chi connectivity index (χ0n) is 12.9. The zero-order chi connectivity index (χ0) is 16.4. The fourth-order valence-electron chi connectivity index (χ4n) is 2.89. The number of hydrogen-bond donors (Lipinski definition) is 1. The molecule has 122 valence electrons. The molecule has 23 heavy (non-hydrogen) atoms. The Balaban J connectivity index is 1.70. The van der Waals surface area contributed by atoms with E-state index in [0.29, 0.717) is 9.23 Å². The molecule has 1 saturated carbocycles. The van der Waals surface area contributed by atoms with Crippen molar-refractivity contribution >= 4 is 46.2 Å². The molecule has 1 aliphatic carbocycles. The minimum absolute atomic E-state index is 0.00902. The van der Waals surface area contributed by atoms with Crippen LogP contribution in [0.4, 0.5) is 0 Å². The van der Waals surface area contributed by atoms with Gasteiger partial charge in [-0.15, -0.1) is 0 Å². The Morgan fingerprint density at radius 3 is 2.78 bits per heavy atom. The van der Waals surface area contributed by atoms with Crippen LogP contribution in [0, 0.1) is 5.92 Å². The number of nitrogens with zero attached hydrogens (tertiary/aromatic N) is 2. The van der Waals surface area contributed by atoms with Gasteiger partial charge in [0.05, 0.1) is 4.91 Å². The largest absolute Gasteiger partial charge is 0.351 e. The minimum atomic E-state index is -0.259. The third kappa shape index (κ3) is 3.50. The maximum atomic E-state index is 12.5. The first-order chi connectivity index (χ1) is 11.1. The van der Waals surface area contributed by atoms with Gasteiger partial charge in [-0.1, -0.05) is 31.0 Å². The molecular formula is C16H19N3O2S2. The molecule has 1 aliphatic heterocycles. The highest BCUT2D eigenvalue weighted by molar-refractivity contribution is 8.26. The Hall–Kier alpha value is -1.60. The number of aryl methyl sites for hydroxylation is 1. The number of rotatable bonds is 3. The van der Waals surface area contributed by atoms with Crippen molar-refractivity contribution < 1.29 is 9.59 Å². The SMILES string of the molecule is Cn1cccc1/C=C1/SC(=S)N(NC(=O)C2CCCCC2)C1=O. The maximum absolute atomic E-state index is 12.5. The first-order valence-electron chi connectivity index (χ1n) is 7.76. The fourth-order valence-corrected chi connectivity index (χ4v) is 4.05. The number of amides is 2. The van der Waals surface area contributed by atoms with Gasteiger partial charge < -0.3 is 4.57 Å². The number of nitrogens with one attached hydrogen (secondary N) is 1. The number of hydrazine groups is 1. The second kappa shape index (κ2) is 6.88. The topological polar surface area (TPSA) is 54.3 Å². The standard InChI is InChI=1S/C16H19N3O2S2/c1-18-9-5-8-12(18)10-13-15(21)19(16(22)23-13)17-14(20)11-6-3-2-4-7-11/h5,8-11H,2-4,6-7H2,1H3,(H,17,20)/b13-10+. The van der Waals surface area contributed by atoms with E-state index in [9.17, 15) is 9.59 Å². The number of thiocarbonyl (C=S) groups is 1. The fraction of sp³-hybridized carbons (Fsp3) is 0.438. The van der Waals surface area contributed by atoms with Gasteiger partial charge in [0, 0.05) is 24.9 Å². The molecule has 1 N–H and O–H groups in total. The van der Waals surface area contributed by atoms with Crippen molar-refractivity contribution in [3.63, 3.8) is 0 Å². The van der Waals surface area contributed by atoms with E-state index in [1.165, 1.54) is 23.2 Å². The number of thioether (sulfide) groups is 1. The van der Waals surface area contributed by atoms with Gasteiger partial charge in [0.25, 0.3) is 5.91 Å². The van der Waals surface area contributed by atoms with Crippen LogP contribution in [0.5, 0.6) is 0 Å². The normalized spacial score (nSPS) is 21.3. The molecule has 2 heterocycles. The lowest BCUT2D eigenvalue weighted by Crippen LogP contribution is -2.47. The molecule has 1 aromatic heterocycles. The van der Waals surface area contributed by atoms with Crippen LogP contribution in [-0.4, -0.2) is 25.7 Å². The first kappa shape index (κ1) is 16.3. The Kier molecular flexibility index (Phi) is 4.87. The molecule has 3 rings (SSSR count). The highest BCUT2D eigenvalue weighted by atomic mass is 32.2. The highest BCUT2D eigenvalue weighted by Crippen LogP contribution is 2.32. The van der Waals surface area contributed by atoms with E-state index in [1.807, 2.05) is 29.9 Å². The predicted octanol–water partition coefficient (Wildman–Crippen LogP) is 2.84. The third-order valence-electron chi connectivity index (χ3n) is 4.25. The van der Waals surface area contributed by atoms with Crippen LogP contribution >= 0.6 is 24.0 Å². The highest BCUT2D eigenvalue weighted by Gasteiger charge is 2.35. The lowest BCUT2D eigenvalue weighted by atomic mass is 9.89. The average Bonchev–Trinajstić information content (AvgIpc) is 3.07. The molecule has 2 aliphatic rings. The van der Waals surface area contributed by atoms with Gasteiger partial charge in [-0.2, -0.15) is 5.01 Å². The molecule has 7 heteroatoms. The van der Waals surface area contributed by atoms with Crippen LogP contribution in [-0.2, 0) is 16.6 Å². The van der Waals surface area contributed by atoms with Crippen molar-refractivity contribution in [1.29, 1.82) is 0 Å². The number of hydrogen-bond acceptors (Lipinski definition) is 4. The molecule has 5 nitrogen and oxygen atoms in total. The van der Waals surface area contributed by atoms with E-state index < -0.39 is 0 Å². The Morgan fingerprint density at radius 2 is 2.13 bits per heavy atom. The van der Waals surface area contributed by atoms with Crippen LogP contribution in [0.2, 0.25) is 0 Å². The summed E-state index contributed by atoms with van der Waals surface area (Å²) < 4.78 is 2.30. The molecule has 0 aromatic carbocycles. The Morgan fingerprint density at radius 1 is 1.39 bits per heavy atom. The van der Waals surface area contributed by atoms with Crippen LogP contribution in [0.25, 0.3) is 6.08 Å². The summed E-state index contributed by atoms with van der Waals surface area (Å²) in [6.07, 6.45) is 8.82. The van der Waals surface area contributed by atoms with Gasteiger partial charge in [-0.3, -0.25) is 15.0 Å². The molecular weight excluding hydrogens is 330 g/mol. The van der Waals surface area contributed by atoms with Crippen molar-refractivity contribution in [2.75, 3.05) is 0 Å². The van der Waals surface area contributed by atoms with Gasteiger partial charge in [0.2, 0.25) is 5.91 Å². The van der Waals surface area contributed by atoms with Gasteiger partial charge in [-0.25, -0.2) is 0 Å². The second-order valence-corrected chi connectivity index (χ2v) is 7.55. The summed E-state index contributed by atoms with van der Waals surface area (Å²) in [5.41, 5.74) is 3.63. The van der Waals surface area contributed by atoms with Gasteiger partial charge in [0.15, 0.2) is 4.32 Å². The summed E-state index contributed by atoms with van der Waals surface area (Å²) in [6.45, 7) is 0. The molecule has 0 spiro atoms. The van der Waals surface area contributed by atoms with Crippen LogP contribution in [0.15, 0.2) is 23.2 Å². The minimum Gasteiger partial charge on any atom is -0.351 e. The van der Waals surface area contributed by atoms with Crippen molar-refractivity contribution in [2.45, 2.75) is 32.1 Å². The lowest BCUT2D eigenvalue weighted by molar-refractivity contribution is -0.136. The van der Waals surface area contributed by atoms with Crippen molar-refractivity contribution in [3.8, 4) is 0 Å². The van der Waals surface area contributed by atoms with E-state index in [4.69, 9.17) is 12.2 Å². The molecule has 2 amide bonds. The van der Waals surface area contributed by atoms with E-state index >= 15 is 0 Å². The van der Waals surface area contributed by atoms with Crippen molar-refractivity contribution in [3.05, 3.63) is 28.9 Å². The quantitative estimate of drug-likeness (QED) is 0.673. The summed E-state index contributed by atoms with van der Waals surface area (Å²) in [4.78, 5) is 25.4. The number of carbonyl (C=O) groups is 2. The van der Waals surface area contributed by atoms with E-state index in [2.05, 4.69) is 5.43 Å². The molecule has 1 aromatic rings. The summed E-state index contributed by atoms with van der Waals surface area (Å²) in [5, 5.41) is 1.21. The molecule has 2 fully saturated rings. The van der Waals surface area contributed by atoms with E-state index in [-0.39, 0.29) is 17.7 Å². The van der Waals surface area contributed by atoms with E-state index in [0.717, 1.165) is 31.4 Å². The number of carbonyl (C=O) groups excluding carboxylic acids is 2. The van der Waals surface area contributed by atoms with Crippen LogP contribution in [0.3, 0.4) is 0 Å². The lowest BCUT2D eigenvalue weighted by Gasteiger charge is -2.23. The number of aromatic nitrogens is 1. The summed E-state index contributed by atoms with van der Waals surface area (Å²) in [5.74, 6) is -0.364. The maximum Gasteiger partial charge on any atom is 0.285 e. The molecule has 1 saturated heterocycles. The smallest absolute Gasteiger partial charge is 0.285 e. The van der Waals surface area contributed by atoms with Crippen LogP contribution in [0.1, 0.15) is 37.8 Å². The molecule has 0 bridgehead atoms. The molecule has 0 radical (unpaired) electrons. The van der Waals surface area contributed by atoms with Crippen LogP contribution < -0.4 is 5.43 Å². The molecule has 0 unspecified atom stereocenters. The monoisotopic (exact) mass is 349 g/mol.